The van der Waals surface area contributed by atoms with Gasteiger partial charge in [-0.2, -0.15) is 0 Å². The van der Waals surface area contributed by atoms with Gasteiger partial charge in [0.15, 0.2) is 11.5 Å². The molecule has 15 heavy (non-hydrogen) atoms. The molecule has 0 aliphatic rings. The number of methoxy groups -OCH3 is 1. The van der Waals surface area contributed by atoms with Gasteiger partial charge in [0.2, 0.25) is 0 Å². The van der Waals surface area contributed by atoms with E-state index >= 15 is 0 Å². The molecule has 1 aromatic rings. The lowest BCUT2D eigenvalue weighted by Crippen LogP contribution is -2.18. The molecule has 0 aromatic heterocycles. The van der Waals surface area contributed by atoms with Gasteiger partial charge in [0.25, 0.3) is 0 Å². The van der Waals surface area contributed by atoms with E-state index in [1.807, 2.05) is 6.07 Å². The summed E-state index contributed by atoms with van der Waals surface area (Å²) in [6, 6.07) is 5.46. The Hall–Kier alpha value is -1.22. The molecule has 0 atom stereocenters. The first kappa shape index (κ1) is 11.9. The molecule has 3 heteroatoms. The standard InChI is InChI=1S/C12H19NO2/c1-9(2)7-13-8-10-4-5-12(15-3)11(14)6-10/h4-6,9,13-14H,7-8H2,1-3H3. The van der Waals surface area contributed by atoms with Crippen molar-refractivity contribution in [2.45, 2.75) is 20.4 Å². The van der Waals surface area contributed by atoms with Gasteiger partial charge in [0.05, 0.1) is 7.11 Å². The van der Waals surface area contributed by atoms with Crippen LogP contribution in [0.2, 0.25) is 0 Å². The van der Waals surface area contributed by atoms with Gasteiger partial charge in [0, 0.05) is 6.54 Å². The maximum absolute atomic E-state index is 9.55. The molecule has 0 bridgehead atoms. The number of phenolic OH excluding ortho intramolecular Hbond substituents is 1. The molecule has 0 saturated carbocycles. The van der Waals surface area contributed by atoms with Gasteiger partial charge in [-0.1, -0.05) is 19.9 Å². The number of rotatable bonds is 5. The second-order valence-electron chi connectivity index (χ2n) is 4.03. The summed E-state index contributed by atoms with van der Waals surface area (Å²) in [6.45, 7) is 6.08. The molecule has 0 aliphatic heterocycles. The Morgan fingerprint density at radius 3 is 2.67 bits per heavy atom. The predicted molar refractivity (Wildman–Crippen MR) is 61.2 cm³/mol. The molecule has 0 spiro atoms. The number of hydrogen-bond donors (Lipinski definition) is 2. The third-order valence-electron chi connectivity index (χ3n) is 2.12. The van der Waals surface area contributed by atoms with Crippen LogP contribution in [0.4, 0.5) is 0 Å². The third-order valence-corrected chi connectivity index (χ3v) is 2.12. The molecule has 0 unspecified atom stereocenters. The predicted octanol–water partition coefficient (Wildman–Crippen LogP) is 2.15. The van der Waals surface area contributed by atoms with Crippen molar-refractivity contribution in [3.05, 3.63) is 23.8 Å². The van der Waals surface area contributed by atoms with Crippen LogP contribution >= 0.6 is 0 Å². The monoisotopic (exact) mass is 209 g/mol. The summed E-state index contributed by atoms with van der Waals surface area (Å²) >= 11 is 0. The molecule has 2 N–H and O–H groups in total. The Balaban J connectivity index is 2.52. The first-order valence-electron chi connectivity index (χ1n) is 5.20. The molecule has 0 amide bonds. The fraction of sp³-hybridized carbons (Fsp3) is 0.500. The molecule has 0 saturated heterocycles. The summed E-state index contributed by atoms with van der Waals surface area (Å²) in [5.74, 6) is 1.35. The Morgan fingerprint density at radius 1 is 1.40 bits per heavy atom. The Bertz CT molecular complexity index is 310. The largest absolute Gasteiger partial charge is 0.504 e. The van der Waals surface area contributed by atoms with Crippen LogP contribution in [0.5, 0.6) is 11.5 Å². The van der Waals surface area contributed by atoms with Gasteiger partial charge in [-0.05, 0) is 30.2 Å². The zero-order chi connectivity index (χ0) is 11.3. The van der Waals surface area contributed by atoms with Crippen molar-refractivity contribution in [1.29, 1.82) is 0 Å². The van der Waals surface area contributed by atoms with E-state index in [2.05, 4.69) is 19.2 Å². The Morgan fingerprint density at radius 2 is 2.13 bits per heavy atom. The summed E-state index contributed by atoms with van der Waals surface area (Å²) in [5, 5.41) is 12.9. The maximum atomic E-state index is 9.55. The second-order valence-corrected chi connectivity index (χ2v) is 4.03. The number of benzene rings is 1. The second kappa shape index (κ2) is 5.61. The van der Waals surface area contributed by atoms with Crippen LogP contribution in [0.3, 0.4) is 0 Å². The van der Waals surface area contributed by atoms with E-state index in [1.165, 1.54) is 0 Å². The quantitative estimate of drug-likeness (QED) is 0.780. The number of ether oxygens (including phenoxy) is 1. The van der Waals surface area contributed by atoms with Crippen LogP contribution in [-0.4, -0.2) is 18.8 Å². The summed E-state index contributed by atoms with van der Waals surface area (Å²) in [7, 11) is 1.55. The van der Waals surface area contributed by atoms with E-state index < -0.39 is 0 Å². The molecule has 0 heterocycles. The van der Waals surface area contributed by atoms with E-state index in [4.69, 9.17) is 4.74 Å². The first-order valence-corrected chi connectivity index (χ1v) is 5.20. The highest BCUT2D eigenvalue weighted by atomic mass is 16.5. The topological polar surface area (TPSA) is 41.5 Å². The highest BCUT2D eigenvalue weighted by Gasteiger charge is 2.02. The van der Waals surface area contributed by atoms with Crippen LogP contribution in [0.25, 0.3) is 0 Å². The lowest BCUT2D eigenvalue weighted by molar-refractivity contribution is 0.373. The molecule has 3 nitrogen and oxygen atoms in total. The summed E-state index contributed by atoms with van der Waals surface area (Å²) in [4.78, 5) is 0. The minimum Gasteiger partial charge on any atom is -0.504 e. The highest BCUT2D eigenvalue weighted by molar-refractivity contribution is 5.41. The maximum Gasteiger partial charge on any atom is 0.160 e. The average Bonchev–Trinajstić information content (AvgIpc) is 2.17. The molecule has 84 valence electrons. The van der Waals surface area contributed by atoms with Crippen molar-refractivity contribution >= 4 is 0 Å². The number of hydrogen-bond acceptors (Lipinski definition) is 3. The van der Waals surface area contributed by atoms with Crippen molar-refractivity contribution in [3.63, 3.8) is 0 Å². The Labute approximate surface area is 91.1 Å². The molecule has 0 aliphatic carbocycles. The SMILES string of the molecule is COc1ccc(CNCC(C)C)cc1O. The third kappa shape index (κ3) is 3.80. The van der Waals surface area contributed by atoms with E-state index in [9.17, 15) is 5.11 Å². The van der Waals surface area contributed by atoms with E-state index in [0.29, 0.717) is 11.7 Å². The van der Waals surface area contributed by atoms with Gasteiger partial charge in [0.1, 0.15) is 0 Å². The highest BCUT2D eigenvalue weighted by Crippen LogP contribution is 2.25. The van der Waals surface area contributed by atoms with Crippen molar-refractivity contribution in [3.8, 4) is 11.5 Å². The Kier molecular flexibility index (Phi) is 4.43. The van der Waals surface area contributed by atoms with Crippen molar-refractivity contribution in [1.82, 2.24) is 5.32 Å². The molecular formula is C12H19NO2. The van der Waals surface area contributed by atoms with E-state index in [1.54, 1.807) is 19.2 Å². The van der Waals surface area contributed by atoms with Crippen LogP contribution in [-0.2, 0) is 6.54 Å². The lowest BCUT2D eigenvalue weighted by atomic mass is 10.2. The molecule has 0 fully saturated rings. The van der Waals surface area contributed by atoms with E-state index in [0.717, 1.165) is 18.7 Å². The first-order chi connectivity index (χ1) is 7.13. The minimum absolute atomic E-state index is 0.196. The zero-order valence-electron chi connectivity index (χ0n) is 9.58. The van der Waals surface area contributed by atoms with Crippen molar-refractivity contribution in [2.24, 2.45) is 5.92 Å². The van der Waals surface area contributed by atoms with Crippen LogP contribution < -0.4 is 10.1 Å². The van der Waals surface area contributed by atoms with Crippen molar-refractivity contribution < 1.29 is 9.84 Å². The molecule has 1 aromatic carbocycles. The van der Waals surface area contributed by atoms with Gasteiger partial charge in [-0.3, -0.25) is 0 Å². The van der Waals surface area contributed by atoms with Gasteiger partial charge < -0.3 is 15.2 Å². The van der Waals surface area contributed by atoms with Gasteiger partial charge >= 0.3 is 0 Å². The zero-order valence-corrected chi connectivity index (χ0v) is 9.58. The fourth-order valence-electron chi connectivity index (χ4n) is 1.35. The van der Waals surface area contributed by atoms with Gasteiger partial charge in [-0.25, -0.2) is 0 Å². The number of phenols is 1. The van der Waals surface area contributed by atoms with Crippen LogP contribution in [0.15, 0.2) is 18.2 Å². The normalized spacial score (nSPS) is 10.7. The molecular weight excluding hydrogens is 190 g/mol. The van der Waals surface area contributed by atoms with Crippen LogP contribution in [0.1, 0.15) is 19.4 Å². The molecule has 1 rings (SSSR count). The molecule has 0 radical (unpaired) electrons. The minimum atomic E-state index is 0.196. The van der Waals surface area contributed by atoms with Gasteiger partial charge in [-0.15, -0.1) is 0 Å². The smallest absolute Gasteiger partial charge is 0.160 e. The van der Waals surface area contributed by atoms with Crippen molar-refractivity contribution in [2.75, 3.05) is 13.7 Å². The van der Waals surface area contributed by atoms with E-state index in [-0.39, 0.29) is 5.75 Å². The summed E-state index contributed by atoms with van der Waals surface area (Å²) < 4.78 is 4.97. The van der Waals surface area contributed by atoms with Crippen LogP contribution in [0, 0.1) is 5.92 Å². The summed E-state index contributed by atoms with van der Waals surface area (Å²) in [5.41, 5.74) is 1.06. The average molecular weight is 209 g/mol. The fourth-order valence-corrected chi connectivity index (χ4v) is 1.35. The number of nitrogens with one attached hydrogen (secondary N) is 1. The number of aromatic hydroxyl groups is 1. The lowest BCUT2D eigenvalue weighted by Gasteiger charge is -2.09. The summed E-state index contributed by atoms with van der Waals surface area (Å²) in [6.07, 6.45) is 0.